The smallest absolute Gasteiger partial charge is 0.304 e. The van der Waals surface area contributed by atoms with Crippen LogP contribution in [0.15, 0.2) is 48.6 Å². The van der Waals surface area contributed by atoms with Crippen LogP contribution in [-0.2, 0) is 24.3 Å². The lowest BCUT2D eigenvalue weighted by Gasteiger charge is -2.24. The number of carboxylic acid groups (broad SMARTS) is 1. The van der Waals surface area contributed by atoms with Crippen molar-refractivity contribution in [1.29, 1.82) is 0 Å². The lowest BCUT2D eigenvalue weighted by Crippen LogP contribution is -2.29. The zero-order chi connectivity index (χ0) is 27.1. The summed E-state index contributed by atoms with van der Waals surface area (Å²) in [5.74, 6) is 0.555. The first kappa shape index (κ1) is 27.8. The number of likely N-dealkylation sites (tertiary alicyclic amines) is 1. The fourth-order valence-corrected chi connectivity index (χ4v) is 5.53. The summed E-state index contributed by atoms with van der Waals surface area (Å²) in [4.78, 5) is 18.9. The molecule has 2 aromatic rings. The third kappa shape index (κ3) is 7.19. The standard InChI is InChI=1S/C30H40FN5O2/c1-4-6-28(36-22(3)16-27(18-31)34-36)15-21(2)25(17-29(37)38)20-35-14-12-23(19-35)8-10-26-11-9-24-7-5-13-32-30(24)33-26/h4,6,9,11,15-16,23,25H,2,5,7-8,10,12-14,17-20H2,1,3H3,(H,32,33)(H,37,38)/b6-4-,28-15+/t23-,25-/m1/s1. The molecule has 2 atom stereocenters. The zero-order valence-electron chi connectivity index (χ0n) is 22.6. The van der Waals surface area contributed by atoms with Crippen LogP contribution >= 0.6 is 0 Å². The Morgan fingerprint density at radius 2 is 2.21 bits per heavy atom. The second-order valence-electron chi connectivity index (χ2n) is 10.6. The fraction of sp³-hybridized carbons (Fsp3) is 0.500. The first-order valence-corrected chi connectivity index (χ1v) is 13.7. The molecule has 2 aromatic heterocycles. The molecule has 0 spiro atoms. The molecule has 204 valence electrons. The van der Waals surface area contributed by atoms with Crippen LogP contribution in [0.4, 0.5) is 10.2 Å². The molecular formula is C30H40FN5O2. The number of anilines is 1. The lowest BCUT2D eigenvalue weighted by atomic mass is 9.95. The molecule has 4 rings (SSSR count). The number of rotatable bonds is 12. The van der Waals surface area contributed by atoms with Gasteiger partial charge in [0.2, 0.25) is 0 Å². The van der Waals surface area contributed by atoms with Crippen LogP contribution in [0.1, 0.15) is 55.3 Å². The highest BCUT2D eigenvalue weighted by Gasteiger charge is 2.27. The summed E-state index contributed by atoms with van der Waals surface area (Å²) < 4.78 is 14.9. The van der Waals surface area contributed by atoms with Gasteiger partial charge < -0.3 is 15.3 Å². The number of halogens is 1. The number of carbonyl (C=O) groups is 1. The molecule has 0 aliphatic carbocycles. The highest BCUT2D eigenvalue weighted by molar-refractivity contribution is 5.68. The van der Waals surface area contributed by atoms with Crippen LogP contribution in [0.2, 0.25) is 0 Å². The molecule has 0 saturated carbocycles. The number of pyridine rings is 1. The van der Waals surface area contributed by atoms with Gasteiger partial charge in [0, 0.05) is 36.9 Å². The van der Waals surface area contributed by atoms with Gasteiger partial charge in [-0.05, 0) is 93.8 Å². The molecule has 0 radical (unpaired) electrons. The molecule has 0 unspecified atom stereocenters. The monoisotopic (exact) mass is 521 g/mol. The minimum Gasteiger partial charge on any atom is -0.481 e. The Bertz CT molecular complexity index is 1200. The molecular weight excluding hydrogens is 481 g/mol. The summed E-state index contributed by atoms with van der Waals surface area (Å²) >= 11 is 0. The maximum absolute atomic E-state index is 13.2. The van der Waals surface area contributed by atoms with Crippen molar-refractivity contribution in [2.45, 2.75) is 59.0 Å². The van der Waals surface area contributed by atoms with Crippen molar-refractivity contribution in [3.05, 3.63) is 71.2 Å². The molecule has 1 fully saturated rings. The average Bonchev–Trinajstić information content (AvgIpc) is 3.52. The van der Waals surface area contributed by atoms with E-state index in [-0.39, 0.29) is 12.3 Å². The van der Waals surface area contributed by atoms with E-state index >= 15 is 0 Å². The van der Waals surface area contributed by atoms with Gasteiger partial charge in [-0.3, -0.25) is 4.79 Å². The number of fused-ring (bicyclic) bond motifs is 1. The number of aromatic nitrogens is 3. The third-order valence-corrected chi connectivity index (χ3v) is 7.54. The SMILES string of the molecule is C=C(/C=C(\C=C/C)n1nc(CF)cc1C)[C@H](CC(=O)O)CN1CC[C@@H](CCc2ccc3c(n2)NCCC3)C1. The molecule has 38 heavy (non-hydrogen) atoms. The average molecular weight is 522 g/mol. The minimum absolute atomic E-state index is 0.0134. The number of nitrogens with one attached hydrogen (secondary N) is 1. The summed E-state index contributed by atoms with van der Waals surface area (Å²) in [7, 11) is 0. The van der Waals surface area contributed by atoms with E-state index in [9.17, 15) is 14.3 Å². The maximum atomic E-state index is 13.2. The number of hydrogen-bond donors (Lipinski definition) is 2. The summed E-state index contributed by atoms with van der Waals surface area (Å²) in [6, 6.07) is 6.10. The topological polar surface area (TPSA) is 83.3 Å². The number of nitrogens with zero attached hydrogens (tertiary/aromatic N) is 4. The highest BCUT2D eigenvalue weighted by Crippen LogP contribution is 2.27. The van der Waals surface area contributed by atoms with Gasteiger partial charge in [0.15, 0.2) is 0 Å². The number of aliphatic carboxylic acids is 1. The Balaban J connectivity index is 1.38. The summed E-state index contributed by atoms with van der Waals surface area (Å²) in [6.45, 7) is 11.0. The maximum Gasteiger partial charge on any atom is 0.304 e. The first-order valence-electron chi connectivity index (χ1n) is 13.7. The van der Waals surface area contributed by atoms with Crippen molar-refractivity contribution in [2.75, 3.05) is 31.5 Å². The van der Waals surface area contributed by atoms with Gasteiger partial charge in [0.05, 0.1) is 17.8 Å². The van der Waals surface area contributed by atoms with Crippen molar-refractivity contribution < 1.29 is 14.3 Å². The predicted molar refractivity (Wildman–Crippen MR) is 150 cm³/mol. The van der Waals surface area contributed by atoms with Crippen LogP contribution in [0.25, 0.3) is 5.70 Å². The highest BCUT2D eigenvalue weighted by atomic mass is 19.1. The quantitative estimate of drug-likeness (QED) is 0.362. The minimum atomic E-state index is -0.838. The molecule has 8 heteroatoms. The predicted octanol–water partition coefficient (Wildman–Crippen LogP) is 5.43. The largest absolute Gasteiger partial charge is 0.481 e. The van der Waals surface area contributed by atoms with Gasteiger partial charge in [-0.2, -0.15) is 5.10 Å². The van der Waals surface area contributed by atoms with Crippen LogP contribution in [0, 0.1) is 18.8 Å². The zero-order valence-corrected chi connectivity index (χ0v) is 22.6. The van der Waals surface area contributed by atoms with Gasteiger partial charge in [0.1, 0.15) is 12.5 Å². The Labute approximate surface area is 225 Å². The van der Waals surface area contributed by atoms with Gasteiger partial charge in [0.25, 0.3) is 0 Å². The first-order chi connectivity index (χ1) is 18.4. The van der Waals surface area contributed by atoms with E-state index in [1.807, 2.05) is 32.1 Å². The van der Waals surface area contributed by atoms with Gasteiger partial charge in [-0.1, -0.05) is 18.7 Å². The van der Waals surface area contributed by atoms with Crippen molar-refractivity contribution in [3.63, 3.8) is 0 Å². The van der Waals surface area contributed by atoms with Crippen molar-refractivity contribution in [1.82, 2.24) is 19.7 Å². The molecule has 2 aliphatic rings. The molecule has 0 amide bonds. The summed E-state index contributed by atoms with van der Waals surface area (Å²) in [5, 5.41) is 17.4. The molecule has 0 aromatic carbocycles. The second-order valence-corrected chi connectivity index (χ2v) is 10.6. The van der Waals surface area contributed by atoms with Crippen molar-refractivity contribution in [2.24, 2.45) is 11.8 Å². The van der Waals surface area contributed by atoms with E-state index in [1.165, 1.54) is 5.56 Å². The Hall–Kier alpha value is -3.26. The van der Waals surface area contributed by atoms with Crippen LogP contribution in [0.5, 0.6) is 0 Å². The lowest BCUT2D eigenvalue weighted by molar-refractivity contribution is -0.137. The van der Waals surface area contributed by atoms with E-state index in [2.05, 4.69) is 34.0 Å². The van der Waals surface area contributed by atoms with E-state index in [0.29, 0.717) is 18.2 Å². The number of alkyl halides is 1. The van der Waals surface area contributed by atoms with Crippen LogP contribution < -0.4 is 5.32 Å². The Morgan fingerprint density at radius 1 is 1.37 bits per heavy atom. The second kappa shape index (κ2) is 13.0. The molecule has 2 aliphatic heterocycles. The van der Waals surface area contributed by atoms with Crippen LogP contribution in [0.3, 0.4) is 0 Å². The number of hydrogen-bond acceptors (Lipinski definition) is 5. The molecule has 7 nitrogen and oxygen atoms in total. The third-order valence-electron chi connectivity index (χ3n) is 7.54. The van der Waals surface area contributed by atoms with Gasteiger partial charge >= 0.3 is 5.97 Å². The van der Waals surface area contributed by atoms with Crippen molar-refractivity contribution in [3.8, 4) is 0 Å². The molecule has 1 saturated heterocycles. The normalized spacial score (nSPS) is 18.9. The number of carboxylic acids is 1. The van der Waals surface area contributed by atoms with Gasteiger partial charge in [-0.25, -0.2) is 14.1 Å². The molecule has 4 heterocycles. The molecule has 0 bridgehead atoms. The Kier molecular flexibility index (Phi) is 9.50. The molecule has 2 N–H and O–H groups in total. The summed E-state index contributed by atoms with van der Waals surface area (Å²) in [6.07, 6.45) is 11.1. The summed E-state index contributed by atoms with van der Waals surface area (Å²) in [5.41, 5.74) is 5.13. The van der Waals surface area contributed by atoms with Crippen molar-refractivity contribution >= 4 is 17.5 Å². The van der Waals surface area contributed by atoms with Crippen LogP contribution in [-0.4, -0.2) is 56.9 Å². The van der Waals surface area contributed by atoms with E-state index in [0.717, 1.165) is 80.2 Å². The number of allylic oxidation sites excluding steroid dienone is 4. The van der Waals surface area contributed by atoms with Gasteiger partial charge in [-0.15, -0.1) is 0 Å². The van der Waals surface area contributed by atoms with E-state index in [4.69, 9.17) is 4.98 Å². The van der Waals surface area contributed by atoms with E-state index in [1.54, 1.807) is 10.7 Å². The van der Waals surface area contributed by atoms with E-state index < -0.39 is 12.6 Å². The number of aryl methyl sites for hydroxylation is 3. The Morgan fingerprint density at radius 3 is 2.95 bits per heavy atom. The fourth-order valence-electron chi connectivity index (χ4n) is 5.53.